The monoisotopic (exact) mass is 418 g/mol. The molecule has 1 heterocycles. The van der Waals surface area contributed by atoms with Crippen LogP contribution in [0.3, 0.4) is 0 Å². The summed E-state index contributed by atoms with van der Waals surface area (Å²) in [6, 6.07) is 9.74. The van der Waals surface area contributed by atoms with Gasteiger partial charge in [-0.1, -0.05) is 12.5 Å². The van der Waals surface area contributed by atoms with Gasteiger partial charge < -0.3 is 14.8 Å². The lowest BCUT2D eigenvalue weighted by Crippen LogP contribution is -2.35. The van der Waals surface area contributed by atoms with Crippen molar-refractivity contribution in [3.8, 4) is 11.5 Å². The first-order chi connectivity index (χ1) is 13.9. The number of sulfonamides is 1. The average Bonchev–Trinajstić information content (AvgIpc) is 2.75. The molecule has 1 fully saturated rings. The highest BCUT2D eigenvalue weighted by atomic mass is 32.2. The van der Waals surface area contributed by atoms with Gasteiger partial charge in [-0.05, 0) is 55.7 Å². The van der Waals surface area contributed by atoms with Gasteiger partial charge in [0.15, 0.2) is 0 Å². The van der Waals surface area contributed by atoms with Gasteiger partial charge in [0, 0.05) is 18.8 Å². The third-order valence-electron chi connectivity index (χ3n) is 5.06. The summed E-state index contributed by atoms with van der Waals surface area (Å²) in [6.45, 7) is 2.87. The van der Waals surface area contributed by atoms with Crippen molar-refractivity contribution in [3.63, 3.8) is 0 Å². The van der Waals surface area contributed by atoms with E-state index in [-0.39, 0.29) is 4.90 Å². The lowest BCUT2D eigenvalue weighted by Gasteiger charge is -2.26. The van der Waals surface area contributed by atoms with E-state index in [1.807, 2.05) is 6.92 Å². The molecule has 0 bridgehead atoms. The normalized spacial score (nSPS) is 15.0. The number of rotatable bonds is 6. The van der Waals surface area contributed by atoms with Gasteiger partial charge in [-0.2, -0.15) is 4.31 Å². The summed E-state index contributed by atoms with van der Waals surface area (Å²) in [5, 5.41) is 2.81. The van der Waals surface area contributed by atoms with Crippen LogP contribution in [-0.4, -0.2) is 45.9 Å². The van der Waals surface area contributed by atoms with E-state index in [2.05, 4.69) is 5.32 Å². The van der Waals surface area contributed by atoms with Gasteiger partial charge in [0.2, 0.25) is 10.0 Å². The largest absolute Gasteiger partial charge is 0.497 e. The molecule has 1 N–H and O–H groups in total. The molecule has 0 unspecified atom stereocenters. The summed E-state index contributed by atoms with van der Waals surface area (Å²) < 4.78 is 37.9. The number of carbonyl (C=O) groups excluding carboxylic acids is 1. The number of piperidine rings is 1. The van der Waals surface area contributed by atoms with Gasteiger partial charge in [0.25, 0.3) is 5.91 Å². The number of ether oxygens (including phenoxy) is 2. The summed E-state index contributed by atoms with van der Waals surface area (Å²) in [5.41, 5.74) is 1.51. The number of aryl methyl sites for hydroxylation is 1. The predicted octanol–water partition coefficient (Wildman–Crippen LogP) is 3.44. The first-order valence-electron chi connectivity index (χ1n) is 9.51. The Morgan fingerprint density at radius 3 is 2.38 bits per heavy atom. The van der Waals surface area contributed by atoms with E-state index >= 15 is 0 Å². The van der Waals surface area contributed by atoms with E-state index in [0.717, 1.165) is 24.8 Å². The third kappa shape index (κ3) is 4.54. The summed E-state index contributed by atoms with van der Waals surface area (Å²) in [7, 11) is -0.590. The molecule has 2 aromatic carbocycles. The maximum absolute atomic E-state index is 13.0. The van der Waals surface area contributed by atoms with Crippen LogP contribution in [0.4, 0.5) is 5.69 Å². The van der Waals surface area contributed by atoms with E-state index in [0.29, 0.717) is 35.8 Å². The number of hydrogen-bond acceptors (Lipinski definition) is 5. The van der Waals surface area contributed by atoms with Crippen molar-refractivity contribution in [2.45, 2.75) is 31.1 Å². The molecule has 29 heavy (non-hydrogen) atoms. The summed E-state index contributed by atoms with van der Waals surface area (Å²) in [6.07, 6.45) is 2.78. The molecule has 1 aliphatic heterocycles. The summed E-state index contributed by atoms with van der Waals surface area (Å²) >= 11 is 0. The van der Waals surface area contributed by atoms with Gasteiger partial charge >= 0.3 is 0 Å². The fourth-order valence-electron chi connectivity index (χ4n) is 3.33. The minimum Gasteiger partial charge on any atom is -0.497 e. The number of anilines is 1. The van der Waals surface area contributed by atoms with E-state index in [4.69, 9.17) is 9.47 Å². The smallest absolute Gasteiger partial charge is 0.259 e. The average molecular weight is 419 g/mol. The highest BCUT2D eigenvalue weighted by Crippen LogP contribution is 2.28. The van der Waals surface area contributed by atoms with Crippen LogP contribution >= 0.6 is 0 Å². The van der Waals surface area contributed by atoms with Crippen molar-refractivity contribution in [1.29, 1.82) is 0 Å². The number of hydrogen-bond donors (Lipinski definition) is 1. The molecular weight excluding hydrogens is 392 g/mol. The fraction of sp³-hybridized carbons (Fsp3) is 0.381. The Balaban J connectivity index is 1.90. The Morgan fingerprint density at radius 2 is 1.72 bits per heavy atom. The van der Waals surface area contributed by atoms with Crippen LogP contribution in [0, 0.1) is 6.92 Å². The third-order valence-corrected chi connectivity index (χ3v) is 6.96. The van der Waals surface area contributed by atoms with Gasteiger partial charge in [0.05, 0.1) is 24.7 Å². The Kier molecular flexibility index (Phi) is 6.44. The van der Waals surface area contributed by atoms with E-state index < -0.39 is 15.9 Å². The number of nitrogens with zero attached hydrogens (tertiary/aromatic N) is 1. The maximum Gasteiger partial charge on any atom is 0.259 e. The molecule has 8 heteroatoms. The van der Waals surface area contributed by atoms with Crippen LogP contribution < -0.4 is 14.8 Å². The summed E-state index contributed by atoms with van der Waals surface area (Å²) in [5.74, 6) is 0.517. The minimum atomic E-state index is -3.59. The molecule has 1 aliphatic rings. The molecule has 0 spiro atoms. The topological polar surface area (TPSA) is 84.9 Å². The van der Waals surface area contributed by atoms with Crippen molar-refractivity contribution >= 4 is 21.6 Å². The van der Waals surface area contributed by atoms with Gasteiger partial charge in [-0.25, -0.2) is 8.42 Å². The Hall–Kier alpha value is -2.58. The number of nitrogens with one attached hydrogen (secondary N) is 1. The number of benzene rings is 2. The Bertz CT molecular complexity index is 998. The molecule has 1 saturated heterocycles. The van der Waals surface area contributed by atoms with Crippen LogP contribution in [-0.2, 0) is 10.0 Å². The molecule has 0 radical (unpaired) electrons. The van der Waals surface area contributed by atoms with Crippen LogP contribution in [0.5, 0.6) is 11.5 Å². The van der Waals surface area contributed by atoms with Crippen molar-refractivity contribution in [1.82, 2.24) is 4.31 Å². The van der Waals surface area contributed by atoms with Crippen LogP contribution in [0.25, 0.3) is 0 Å². The Morgan fingerprint density at radius 1 is 1.00 bits per heavy atom. The molecule has 2 aromatic rings. The SMILES string of the molecule is COc1ccc(OC)c(C(=O)Nc2cc(S(=O)(=O)N3CCCCC3)ccc2C)c1. The quantitative estimate of drug-likeness (QED) is 0.777. The maximum atomic E-state index is 13.0. The van der Waals surface area contributed by atoms with Crippen LogP contribution in [0.1, 0.15) is 35.2 Å². The molecule has 156 valence electrons. The number of amides is 1. The number of carbonyl (C=O) groups is 1. The molecule has 0 aromatic heterocycles. The van der Waals surface area contributed by atoms with E-state index in [1.165, 1.54) is 24.6 Å². The second-order valence-electron chi connectivity index (χ2n) is 6.96. The molecule has 1 amide bonds. The Labute approximate surface area is 171 Å². The molecular formula is C21H26N2O5S. The molecule has 7 nitrogen and oxygen atoms in total. The molecule has 0 aliphatic carbocycles. The van der Waals surface area contributed by atoms with Gasteiger partial charge in [-0.3, -0.25) is 4.79 Å². The van der Waals surface area contributed by atoms with Crippen molar-refractivity contribution < 1.29 is 22.7 Å². The minimum absolute atomic E-state index is 0.179. The second kappa shape index (κ2) is 8.84. The number of methoxy groups -OCH3 is 2. The van der Waals surface area contributed by atoms with Crippen molar-refractivity contribution in [2.24, 2.45) is 0 Å². The molecule has 3 rings (SSSR count). The van der Waals surface area contributed by atoms with Gasteiger partial charge in [-0.15, -0.1) is 0 Å². The van der Waals surface area contributed by atoms with Crippen molar-refractivity contribution in [2.75, 3.05) is 32.6 Å². The molecule has 0 atom stereocenters. The molecule has 0 saturated carbocycles. The zero-order valence-electron chi connectivity index (χ0n) is 16.9. The van der Waals surface area contributed by atoms with Crippen LogP contribution in [0.2, 0.25) is 0 Å². The first-order valence-corrected chi connectivity index (χ1v) is 10.9. The second-order valence-corrected chi connectivity index (χ2v) is 8.90. The van der Waals surface area contributed by atoms with E-state index in [1.54, 1.807) is 30.3 Å². The zero-order chi connectivity index (χ0) is 21.0. The highest BCUT2D eigenvalue weighted by molar-refractivity contribution is 7.89. The standard InChI is InChI=1S/C21H26N2O5S/c1-15-7-9-17(29(25,26)23-11-5-4-6-12-23)14-19(15)22-21(24)18-13-16(27-2)8-10-20(18)28-3/h7-10,13-14H,4-6,11-12H2,1-3H3,(H,22,24). The lowest BCUT2D eigenvalue weighted by molar-refractivity contribution is 0.102. The van der Waals surface area contributed by atoms with Crippen LogP contribution in [0.15, 0.2) is 41.3 Å². The van der Waals surface area contributed by atoms with Crippen molar-refractivity contribution in [3.05, 3.63) is 47.5 Å². The zero-order valence-corrected chi connectivity index (χ0v) is 17.7. The fourth-order valence-corrected chi connectivity index (χ4v) is 4.88. The lowest BCUT2D eigenvalue weighted by atomic mass is 10.1. The predicted molar refractivity (Wildman–Crippen MR) is 111 cm³/mol. The highest BCUT2D eigenvalue weighted by Gasteiger charge is 2.26. The first kappa shape index (κ1) is 21.1. The summed E-state index contributed by atoms with van der Waals surface area (Å²) in [4.78, 5) is 13.0. The van der Waals surface area contributed by atoms with Gasteiger partial charge in [0.1, 0.15) is 11.5 Å². The van der Waals surface area contributed by atoms with E-state index in [9.17, 15) is 13.2 Å².